The number of barbiturate groups is 1. The van der Waals surface area contributed by atoms with E-state index in [1.54, 1.807) is 60.7 Å². The van der Waals surface area contributed by atoms with Crippen LogP contribution in [0.4, 0.5) is 14.9 Å². The number of imide groups is 2. The first-order chi connectivity index (χ1) is 15.4. The second kappa shape index (κ2) is 8.85. The standard InChI is InChI=1S/C25H19FN2O4/c1-16-8-10-20(11-9-16)28-24(30)22(23(29)27-25(28)31)14-17-4-3-7-21(13-17)32-15-18-5-2-6-19(26)12-18/h2-14H,15H2,1H3,(H,27,29,31). The second-order valence-corrected chi connectivity index (χ2v) is 7.28. The zero-order valence-electron chi connectivity index (χ0n) is 17.2. The minimum Gasteiger partial charge on any atom is -0.489 e. The monoisotopic (exact) mass is 430 g/mol. The van der Waals surface area contributed by atoms with Crippen LogP contribution in [-0.4, -0.2) is 17.8 Å². The van der Waals surface area contributed by atoms with Gasteiger partial charge < -0.3 is 4.74 Å². The molecule has 0 unspecified atom stereocenters. The molecule has 0 atom stereocenters. The molecule has 32 heavy (non-hydrogen) atoms. The predicted molar refractivity (Wildman–Crippen MR) is 117 cm³/mol. The van der Waals surface area contributed by atoms with E-state index in [-0.39, 0.29) is 18.0 Å². The number of ether oxygens (including phenoxy) is 1. The predicted octanol–water partition coefficient (Wildman–Crippen LogP) is 4.38. The highest BCUT2D eigenvalue weighted by Gasteiger charge is 2.36. The number of nitrogens with zero attached hydrogens (tertiary/aromatic N) is 1. The summed E-state index contributed by atoms with van der Waals surface area (Å²) < 4.78 is 19.0. The van der Waals surface area contributed by atoms with Crippen molar-refractivity contribution >= 4 is 29.6 Å². The number of rotatable bonds is 5. The van der Waals surface area contributed by atoms with Crippen molar-refractivity contribution in [2.24, 2.45) is 0 Å². The average molecular weight is 430 g/mol. The molecule has 1 fully saturated rings. The quantitative estimate of drug-likeness (QED) is 0.482. The van der Waals surface area contributed by atoms with Gasteiger partial charge in [0.25, 0.3) is 11.8 Å². The van der Waals surface area contributed by atoms with E-state index in [0.717, 1.165) is 10.5 Å². The molecule has 4 rings (SSSR count). The molecular weight excluding hydrogens is 411 g/mol. The highest BCUT2D eigenvalue weighted by Crippen LogP contribution is 2.23. The maximum absolute atomic E-state index is 13.3. The highest BCUT2D eigenvalue weighted by atomic mass is 19.1. The average Bonchev–Trinajstić information content (AvgIpc) is 2.77. The molecule has 6 nitrogen and oxygen atoms in total. The lowest BCUT2D eigenvalue weighted by atomic mass is 10.1. The van der Waals surface area contributed by atoms with Crippen molar-refractivity contribution in [3.8, 4) is 5.75 Å². The van der Waals surface area contributed by atoms with E-state index in [2.05, 4.69) is 5.32 Å². The third-order valence-electron chi connectivity index (χ3n) is 4.86. The number of amides is 4. The number of anilines is 1. The van der Waals surface area contributed by atoms with Gasteiger partial charge in [-0.05, 0) is 60.5 Å². The number of halogens is 1. The molecule has 1 aliphatic rings. The Bertz CT molecular complexity index is 1230. The Morgan fingerprint density at radius 3 is 2.47 bits per heavy atom. The van der Waals surface area contributed by atoms with Crippen molar-refractivity contribution in [2.75, 3.05) is 4.90 Å². The molecular formula is C25H19FN2O4. The molecule has 3 aromatic rings. The Labute approximate surface area is 183 Å². The van der Waals surface area contributed by atoms with Crippen LogP contribution in [0.15, 0.2) is 78.4 Å². The Morgan fingerprint density at radius 2 is 1.72 bits per heavy atom. The van der Waals surface area contributed by atoms with Crippen LogP contribution in [0, 0.1) is 12.7 Å². The largest absolute Gasteiger partial charge is 0.489 e. The van der Waals surface area contributed by atoms with Crippen LogP contribution in [0.3, 0.4) is 0 Å². The van der Waals surface area contributed by atoms with Gasteiger partial charge in [0.2, 0.25) is 0 Å². The first kappa shape index (κ1) is 21.0. The van der Waals surface area contributed by atoms with Crippen LogP contribution in [0.25, 0.3) is 6.08 Å². The summed E-state index contributed by atoms with van der Waals surface area (Å²) in [7, 11) is 0. The first-order valence-corrected chi connectivity index (χ1v) is 9.86. The number of urea groups is 1. The van der Waals surface area contributed by atoms with E-state index >= 15 is 0 Å². The van der Waals surface area contributed by atoms with Gasteiger partial charge in [0.15, 0.2) is 0 Å². The van der Waals surface area contributed by atoms with Crippen LogP contribution < -0.4 is 15.0 Å². The number of carbonyl (C=O) groups excluding carboxylic acids is 3. The van der Waals surface area contributed by atoms with Gasteiger partial charge in [-0.1, -0.05) is 42.0 Å². The minimum atomic E-state index is -0.798. The number of nitrogens with one attached hydrogen (secondary N) is 1. The molecule has 3 aromatic carbocycles. The topological polar surface area (TPSA) is 75.7 Å². The van der Waals surface area contributed by atoms with Crippen molar-refractivity contribution in [3.63, 3.8) is 0 Å². The van der Waals surface area contributed by atoms with Crippen LogP contribution in [0.2, 0.25) is 0 Å². The summed E-state index contributed by atoms with van der Waals surface area (Å²) in [5.74, 6) is -1.35. The van der Waals surface area contributed by atoms with Crippen molar-refractivity contribution in [1.82, 2.24) is 5.32 Å². The zero-order chi connectivity index (χ0) is 22.7. The van der Waals surface area contributed by atoms with E-state index in [1.165, 1.54) is 18.2 Å². The second-order valence-electron chi connectivity index (χ2n) is 7.28. The van der Waals surface area contributed by atoms with Crippen LogP contribution in [0.5, 0.6) is 5.75 Å². The molecule has 0 aromatic heterocycles. The molecule has 0 spiro atoms. The molecule has 0 aliphatic carbocycles. The maximum atomic E-state index is 13.3. The van der Waals surface area contributed by atoms with Crippen LogP contribution in [-0.2, 0) is 16.2 Å². The third-order valence-corrected chi connectivity index (χ3v) is 4.86. The molecule has 1 heterocycles. The highest BCUT2D eigenvalue weighted by molar-refractivity contribution is 6.39. The van der Waals surface area contributed by atoms with Gasteiger partial charge in [0, 0.05) is 0 Å². The summed E-state index contributed by atoms with van der Waals surface area (Å²) in [5.41, 5.74) is 2.37. The molecule has 0 saturated carbocycles. The lowest BCUT2D eigenvalue weighted by Crippen LogP contribution is -2.54. The van der Waals surface area contributed by atoms with Crippen molar-refractivity contribution in [1.29, 1.82) is 0 Å². The molecule has 7 heteroatoms. The fourth-order valence-electron chi connectivity index (χ4n) is 3.24. The summed E-state index contributed by atoms with van der Waals surface area (Å²) >= 11 is 0. The van der Waals surface area contributed by atoms with Gasteiger partial charge in [-0.25, -0.2) is 14.1 Å². The lowest BCUT2D eigenvalue weighted by molar-refractivity contribution is -0.122. The summed E-state index contributed by atoms with van der Waals surface area (Å²) in [6, 6.07) is 18.9. The summed E-state index contributed by atoms with van der Waals surface area (Å²) in [4.78, 5) is 38.6. The fourth-order valence-corrected chi connectivity index (χ4v) is 3.24. The van der Waals surface area contributed by atoms with Gasteiger partial charge in [0.05, 0.1) is 5.69 Å². The lowest BCUT2D eigenvalue weighted by Gasteiger charge is -2.26. The minimum absolute atomic E-state index is 0.160. The van der Waals surface area contributed by atoms with E-state index < -0.39 is 17.8 Å². The number of hydrogen-bond donors (Lipinski definition) is 1. The van der Waals surface area contributed by atoms with Crippen LogP contribution in [0.1, 0.15) is 16.7 Å². The molecule has 1 N–H and O–H groups in total. The van der Waals surface area contributed by atoms with E-state index in [0.29, 0.717) is 22.6 Å². The number of carbonyl (C=O) groups is 3. The first-order valence-electron chi connectivity index (χ1n) is 9.86. The summed E-state index contributed by atoms with van der Waals surface area (Å²) in [5, 5.41) is 2.20. The molecule has 1 aliphatic heterocycles. The SMILES string of the molecule is Cc1ccc(N2C(=O)NC(=O)C(=Cc3cccc(OCc4cccc(F)c4)c3)C2=O)cc1. The van der Waals surface area contributed by atoms with E-state index in [4.69, 9.17) is 4.74 Å². The zero-order valence-corrected chi connectivity index (χ0v) is 17.2. The van der Waals surface area contributed by atoms with E-state index in [9.17, 15) is 18.8 Å². The Kier molecular flexibility index (Phi) is 5.81. The summed E-state index contributed by atoms with van der Waals surface area (Å²) in [6.45, 7) is 2.05. The molecule has 0 radical (unpaired) electrons. The molecule has 4 amide bonds. The molecule has 0 bridgehead atoms. The van der Waals surface area contributed by atoms with Gasteiger partial charge in [-0.2, -0.15) is 0 Å². The molecule has 1 saturated heterocycles. The molecule has 160 valence electrons. The fraction of sp³-hybridized carbons (Fsp3) is 0.0800. The normalized spacial score (nSPS) is 15.1. The van der Waals surface area contributed by atoms with Crippen molar-refractivity contribution in [2.45, 2.75) is 13.5 Å². The van der Waals surface area contributed by atoms with Gasteiger partial charge >= 0.3 is 6.03 Å². The Balaban J connectivity index is 1.57. The third kappa shape index (κ3) is 4.57. The van der Waals surface area contributed by atoms with Gasteiger partial charge in [-0.15, -0.1) is 0 Å². The Hall–Kier alpha value is -4.26. The number of hydrogen-bond acceptors (Lipinski definition) is 4. The van der Waals surface area contributed by atoms with E-state index in [1.807, 2.05) is 6.92 Å². The Morgan fingerprint density at radius 1 is 0.969 bits per heavy atom. The van der Waals surface area contributed by atoms with Crippen molar-refractivity contribution in [3.05, 3.63) is 101 Å². The number of aryl methyl sites for hydroxylation is 1. The maximum Gasteiger partial charge on any atom is 0.335 e. The smallest absolute Gasteiger partial charge is 0.335 e. The van der Waals surface area contributed by atoms with Gasteiger partial charge in [0.1, 0.15) is 23.7 Å². The van der Waals surface area contributed by atoms with Crippen molar-refractivity contribution < 1.29 is 23.5 Å². The van der Waals surface area contributed by atoms with Crippen LogP contribution >= 0.6 is 0 Å². The van der Waals surface area contributed by atoms with Gasteiger partial charge in [-0.3, -0.25) is 14.9 Å². The number of benzene rings is 3. The summed E-state index contributed by atoms with van der Waals surface area (Å²) in [6.07, 6.45) is 1.40.